The number of nitro benzene ring substituents is 1. The minimum Gasteiger partial charge on any atom is -0.398 e. The second-order valence-corrected chi connectivity index (χ2v) is 3.66. The van der Waals surface area contributed by atoms with E-state index in [0.29, 0.717) is 5.69 Å². The third-order valence-corrected chi connectivity index (χ3v) is 1.99. The largest absolute Gasteiger partial charge is 0.411 e. The number of halogens is 3. The van der Waals surface area contributed by atoms with Gasteiger partial charge in [0.15, 0.2) is 0 Å². The van der Waals surface area contributed by atoms with Gasteiger partial charge in [0.1, 0.15) is 6.61 Å². The molecule has 0 aliphatic carbocycles. The van der Waals surface area contributed by atoms with Gasteiger partial charge in [-0.1, -0.05) is 0 Å². The summed E-state index contributed by atoms with van der Waals surface area (Å²) in [5, 5.41) is 13.3. The maximum Gasteiger partial charge on any atom is 0.411 e. The van der Waals surface area contributed by atoms with E-state index < -0.39 is 17.7 Å². The van der Waals surface area contributed by atoms with Gasteiger partial charge >= 0.3 is 6.18 Å². The molecule has 0 saturated heterocycles. The van der Waals surface area contributed by atoms with E-state index in [1.54, 1.807) is 0 Å². The lowest BCUT2D eigenvalue weighted by atomic mass is 10.2. The zero-order chi connectivity index (χ0) is 14.5. The molecule has 3 N–H and O–H groups in total. The number of nitrogens with zero attached hydrogens (tertiary/aromatic N) is 1. The summed E-state index contributed by atoms with van der Waals surface area (Å²) in [5.41, 5.74) is 5.80. The summed E-state index contributed by atoms with van der Waals surface area (Å²) in [6.45, 7) is -1.43. The van der Waals surface area contributed by atoms with Crippen LogP contribution in [0.25, 0.3) is 0 Å². The van der Waals surface area contributed by atoms with Crippen molar-refractivity contribution in [1.82, 2.24) is 0 Å². The van der Waals surface area contributed by atoms with E-state index in [1.165, 1.54) is 18.2 Å². The Morgan fingerprint density at radius 2 is 2.05 bits per heavy atom. The Morgan fingerprint density at radius 1 is 1.37 bits per heavy atom. The van der Waals surface area contributed by atoms with E-state index in [-0.39, 0.29) is 24.5 Å². The predicted octanol–water partition coefficient (Wildman–Crippen LogP) is 2.17. The summed E-state index contributed by atoms with van der Waals surface area (Å²) in [4.78, 5) is 9.96. The van der Waals surface area contributed by atoms with Crippen molar-refractivity contribution in [2.24, 2.45) is 0 Å². The zero-order valence-electron chi connectivity index (χ0n) is 9.74. The van der Waals surface area contributed by atoms with Crippen LogP contribution >= 0.6 is 0 Å². The average molecular weight is 279 g/mol. The first kappa shape index (κ1) is 15.0. The van der Waals surface area contributed by atoms with Gasteiger partial charge in [-0.05, 0) is 6.07 Å². The molecule has 9 heteroatoms. The monoisotopic (exact) mass is 279 g/mol. The van der Waals surface area contributed by atoms with E-state index >= 15 is 0 Å². The quantitative estimate of drug-likeness (QED) is 0.360. The minimum absolute atomic E-state index is 0.0800. The highest BCUT2D eigenvalue weighted by atomic mass is 19.4. The Balaban J connectivity index is 2.43. The number of hydrogen-bond donors (Lipinski definition) is 2. The molecule has 1 aromatic carbocycles. The lowest BCUT2D eigenvalue weighted by Crippen LogP contribution is -2.20. The smallest absolute Gasteiger partial charge is 0.398 e. The van der Waals surface area contributed by atoms with E-state index in [0.717, 1.165) is 0 Å². The first-order chi connectivity index (χ1) is 8.78. The minimum atomic E-state index is -4.37. The predicted molar refractivity (Wildman–Crippen MR) is 62.9 cm³/mol. The number of ether oxygens (including phenoxy) is 1. The Kier molecular flexibility index (Phi) is 4.93. The highest BCUT2D eigenvalue weighted by Gasteiger charge is 2.27. The number of non-ortho nitro benzene ring substituents is 1. The molecule has 0 unspecified atom stereocenters. The number of nitro groups is 1. The van der Waals surface area contributed by atoms with Crippen molar-refractivity contribution in [2.75, 3.05) is 30.8 Å². The maximum atomic E-state index is 11.8. The normalized spacial score (nSPS) is 11.3. The Bertz CT molecular complexity index is 451. The van der Waals surface area contributed by atoms with Crippen LogP contribution in [0.2, 0.25) is 0 Å². The van der Waals surface area contributed by atoms with Crippen molar-refractivity contribution in [1.29, 1.82) is 0 Å². The highest BCUT2D eigenvalue weighted by Crippen LogP contribution is 2.22. The topological polar surface area (TPSA) is 90.4 Å². The van der Waals surface area contributed by atoms with Crippen LogP contribution in [0.4, 0.5) is 30.2 Å². The van der Waals surface area contributed by atoms with Gasteiger partial charge < -0.3 is 15.8 Å². The van der Waals surface area contributed by atoms with E-state index in [1.807, 2.05) is 0 Å². The number of anilines is 2. The molecular weight excluding hydrogens is 267 g/mol. The summed E-state index contributed by atoms with van der Waals surface area (Å²) in [6, 6.07) is 3.86. The number of nitrogens with two attached hydrogens (primary N) is 1. The summed E-state index contributed by atoms with van der Waals surface area (Å²) >= 11 is 0. The first-order valence-electron chi connectivity index (χ1n) is 5.21. The van der Waals surface area contributed by atoms with Crippen LogP contribution in [0, 0.1) is 10.1 Å². The van der Waals surface area contributed by atoms with Crippen LogP contribution in [0.5, 0.6) is 0 Å². The first-order valence-corrected chi connectivity index (χ1v) is 5.21. The Hall–Kier alpha value is -2.03. The molecule has 0 atom stereocenters. The average Bonchev–Trinajstić information content (AvgIpc) is 2.26. The van der Waals surface area contributed by atoms with Crippen LogP contribution in [-0.4, -0.2) is 30.9 Å². The summed E-state index contributed by atoms with van der Waals surface area (Å²) in [5.74, 6) is 0. The van der Waals surface area contributed by atoms with Crippen molar-refractivity contribution >= 4 is 17.1 Å². The van der Waals surface area contributed by atoms with Crippen molar-refractivity contribution in [3.8, 4) is 0 Å². The molecule has 1 rings (SSSR count). The molecule has 0 amide bonds. The molecule has 0 fully saturated rings. The molecule has 19 heavy (non-hydrogen) atoms. The van der Waals surface area contributed by atoms with Gasteiger partial charge in [0, 0.05) is 30.1 Å². The lowest BCUT2D eigenvalue weighted by molar-refractivity contribution is -0.384. The number of nitrogen functional groups attached to an aromatic ring is 1. The van der Waals surface area contributed by atoms with Crippen molar-refractivity contribution < 1.29 is 22.8 Å². The lowest BCUT2D eigenvalue weighted by Gasteiger charge is -2.09. The number of nitrogens with one attached hydrogen (secondary N) is 1. The third-order valence-electron chi connectivity index (χ3n) is 1.99. The molecule has 0 aromatic heterocycles. The van der Waals surface area contributed by atoms with Gasteiger partial charge in [-0.3, -0.25) is 10.1 Å². The van der Waals surface area contributed by atoms with Gasteiger partial charge in [-0.15, -0.1) is 0 Å². The molecule has 0 heterocycles. The third kappa shape index (κ3) is 5.91. The van der Waals surface area contributed by atoms with Gasteiger partial charge in [-0.2, -0.15) is 13.2 Å². The van der Waals surface area contributed by atoms with Gasteiger partial charge in [0.05, 0.1) is 11.5 Å². The molecule has 6 nitrogen and oxygen atoms in total. The number of alkyl halides is 3. The van der Waals surface area contributed by atoms with Crippen LogP contribution < -0.4 is 11.1 Å². The fraction of sp³-hybridized carbons (Fsp3) is 0.400. The Morgan fingerprint density at radius 3 is 2.63 bits per heavy atom. The highest BCUT2D eigenvalue weighted by molar-refractivity contribution is 5.61. The van der Waals surface area contributed by atoms with Crippen molar-refractivity contribution in [3.63, 3.8) is 0 Å². The molecule has 0 bridgehead atoms. The van der Waals surface area contributed by atoms with E-state index in [4.69, 9.17) is 5.73 Å². The zero-order valence-corrected chi connectivity index (χ0v) is 9.74. The molecule has 1 aromatic rings. The van der Waals surface area contributed by atoms with Gasteiger partial charge in [-0.25, -0.2) is 0 Å². The second-order valence-electron chi connectivity index (χ2n) is 3.66. The van der Waals surface area contributed by atoms with Gasteiger partial charge in [0.25, 0.3) is 5.69 Å². The van der Waals surface area contributed by atoms with Crippen LogP contribution in [0.3, 0.4) is 0 Å². The molecule has 0 aliphatic rings. The standard InChI is InChI=1S/C10H12F3N3O3/c11-10(12,13)6-19-2-1-15-8-3-7(14)4-9(5-8)16(17)18/h3-5,15H,1-2,6,14H2. The molecule has 0 saturated carbocycles. The fourth-order valence-corrected chi connectivity index (χ4v) is 1.30. The number of hydrogen-bond acceptors (Lipinski definition) is 5. The molecule has 0 aliphatic heterocycles. The summed E-state index contributed by atoms with van der Waals surface area (Å²) in [7, 11) is 0. The second kappa shape index (κ2) is 6.23. The molecule has 106 valence electrons. The van der Waals surface area contributed by atoms with E-state index in [2.05, 4.69) is 10.1 Å². The number of rotatable bonds is 6. The van der Waals surface area contributed by atoms with Crippen LogP contribution in [-0.2, 0) is 4.74 Å². The van der Waals surface area contributed by atoms with Gasteiger partial charge in [0.2, 0.25) is 0 Å². The SMILES string of the molecule is Nc1cc(NCCOCC(F)(F)F)cc([N+](=O)[O-])c1. The fourth-order valence-electron chi connectivity index (χ4n) is 1.30. The van der Waals surface area contributed by atoms with E-state index in [9.17, 15) is 23.3 Å². The molecule has 0 radical (unpaired) electrons. The summed E-state index contributed by atoms with van der Waals surface area (Å²) in [6.07, 6.45) is -4.37. The van der Waals surface area contributed by atoms with Crippen LogP contribution in [0.1, 0.15) is 0 Å². The summed E-state index contributed by atoms with van der Waals surface area (Å²) < 4.78 is 39.7. The molecule has 0 spiro atoms. The Labute approximate surface area is 106 Å². The maximum absolute atomic E-state index is 11.8. The number of benzene rings is 1. The molecular formula is C10H12F3N3O3. The van der Waals surface area contributed by atoms with Crippen molar-refractivity contribution in [3.05, 3.63) is 28.3 Å². The van der Waals surface area contributed by atoms with Crippen LogP contribution in [0.15, 0.2) is 18.2 Å². The van der Waals surface area contributed by atoms with Crippen molar-refractivity contribution in [2.45, 2.75) is 6.18 Å².